The van der Waals surface area contributed by atoms with Gasteiger partial charge in [-0.05, 0) is 18.2 Å². The van der Waals surface area contributed by atoms with Gasteiger partial charge in [0.1, 0.15) is 10.8 Å². The molecule has 10 heteroatoms. The fourth-order valence-electron chi connectivity index (χ4n) is 1.69. The number of aromatic nitrogens is 3. The highest BCUT2D eigenvalue weighted by Gasteiger charge is 2.31. The number of hydrogen-bond acceptors (Lipinski definition) is 5. The van der Waals surface area contributed by atoms with E-state index in [0.717, 1.165) is 17.8 Å². The Hall–Kier alpha value is -2.13. The standard InChI is InChI=1S/C12H5ClF3N3O2S/c13-8-3-6(12(14,15)16)5-17-11(8)21-7-1-2-10-9(4-7)18-22-19(10)20/h1-5H. The van der Waals surface area contributed by atoms with E-state index in [1.807, 2.05) is 0 Å². The zero-order chi connectivity index (χ0) is 15.9. The van der Waals surface area contributed by atoms with E-state index in [0.29, 0.717) is 21.4 Å². The summed E-state index contributed by atoms with van der Waals surface area (Å²) in [6, 6.07) is 5.16. The smallest absolute Gasteiger partial charge is 0.417 e. The molecule has 0 bridgehead atoms. The minimum atomic E-state index is -4.53. The maximum absolute atomic E-state index is 12.5. The third-order valence-electron chi connectivity index (χ3n) is 2.71. The second-order valence-corrected chi connectivity index (χ2v) is 5.28. The SMILES string of the molecule is [O-][n+]1snc2cc(Oc3ncc(C(F)(F)F)cc3Cl)ccc21. The van der Waals surface area contributed by atoms with E-state index >= 15 is 0 Å². The summed E-state index contributed by atoms with van der Waals surface area (Å²) < 4.78 is 47.4. The first-order chi connectivity index (χ1) is 10.3. The Morgan fingerprint density at radius 2 is 2.05 bits per heavy atom. The summed E-state index contributed by atoms with van der Waals surface area (Å²) in [5, 5.41) is 11.1. The van der Waals surface area contributed by atoms with E-state index in [1.165, 1.54) is 18.2 Å². The van der Waals surface area contributed by atoms with E-state index in [1.54, 1.807) is 0 Å². The number of halogens is 4. The van der Waals surface area contributed by atoms with Gasteiger partial charge in [0.05, 0.1) is 5.56 Å². The van der Waals surface area contributed by atoms with Gasteiger partial charge in [-0.2, -0.15) is 17.3 Å². The van der Waals surface area contributed by atoms with E-state index < -0.39 is 11.7 Å². The van der Waals surface area contributed by atoms with Crippen molar-refractivity contribution in [2.75, 3.05) is 0 Å². The Morgan fingerprint density at radius 3 is 2.73 bits per heavy atom. The minimum Gasteiger partial charge on any atom is -0.700 e. The molecular weight excluding hydrogens is 343 g/mol. The highest BCUT2D eigenvalue weighted by molar-refractivity contribution is 6.95. The number of alkyl halides is 3. The van der Waals surface area contributed by atoms with Crippen molar-refractivity contribution in [1.82, 2.24) is 9.36 Å². The van der Waals surface area contributed by atoms with Gasteiger partial charge in [-0.1, -0.05) is 11.6 Å². The molecule has 0 aliphatic heterocycles. The monoisotopic (exact) mass is 347 g/mol. The number of fused-ring (bicyclic) bond motifs is 1. The summed E-state index contributed by atoms with van der Waals surface area (Å²) in [5.74, 6) is 0.0896. The summed E-state index contributed by atoms with van der Waals surface area (Å²) in [6.45, 7) is 0. The van der Waals surface area contributed by atoms with Crippen LogP contribution >= 0.6 is 23.3 Å². The van der Waals surface area contributed by atoms with Crippen LogP contribution in [0.5, 0.6) is 11.6 Å². The molecule has 114 valence electrons. The molecule has 3 rings (SSSR count). The van der Waals surface area contributed by atoms with Crippen molar-refractivity contribution in [3.05, 3.63) is 46.3 Å². The molecule has 0 unspecified atom stereocenters. The van der Waals surface area contributed by atoms with Gasteiger partial charge in [0.2, 0.25) is 11.4 Å². The molecule has 0 saturated carbocycles. The first-order valence-corrected chi connectivity index (χ1v) is 6.85. The molecule has 22 heavy (non-hydrogen) atoms. The van der Waals surface area contributed by atoms with Crippen LogP contribution in [-0.2, 0) is 6.18 Å². The number of benzene rings is 1. The molecule has 5 nitrogen and oxygen atoms in total. The second kappa shape index (κ2) is 5.25. The molecule has 0 spiro atoms. The summed E-state index contributed by atoms with van der Waals surface area (Å²) in [4.78, 5) is 3.57. The van der Waals surface area contributed by atoms with Crippen LogP contribution in [0.15, 0.2) is 30.5 Å². The zero-order valence-electron chi connectivity index (χ0n) is 10.5. The predicted molar refractivity (Wildman–Crippen MR) is 72.9 cm³/mol. The first-order valence-electron chi connectivity index (χ1n) is 5.74. The van der Waals surface area contributed by atoms with Crippen LogP contribution in [0, 0.1) is 5.21 Å². The van der Waals surface area contributed by atoms with Crippen molar-refractivity contribution < 1.29 is 22.0 Å². The number of hydrogen-bond donors (Lipinski definition) is 0. The molecule has 0 aliphatic rings. The molecule has 0 N–H and O–H groups in total. The maximum atomic E-state index is 12.5. The van der Waals surface area contributed by atoms with Gasteiger partial charge in [0.15, 0.2) is 5.52 Å². The molecule has 2 aromatic heterocycles. The quantitative estimate of drug-likeness (QED) is 0.522. The van der Waals surface area contributed by atoms with Gasteiger partial charge in [0.25, 0.3) is 11.7 Å². The lowest BCUT2D eigenvalue weighted by molar-refractivity contribution is -0.500. The molecule has 0 atom stereocenters. The predicted octanol–water partition coefficient (Wildman–Crippen LogP) is 3.79. The van der Waals surface area contributed by atoms with Crippen LogP contribution in [0.25, 0.3) is 11.0 Å². The first kappa shape index (κ1) is 14.8. The molecule has 0 fully saturated rings. The lowest BCUT2D eigenvalue weighted by atomic mass is 10.3. The topological polar surface area (TPSA) is 62.0 Å². The normalized spacial score (nSPS) is 11.8. The van der Waals surface area contributed by atoms with Crippen LogP contribution in [0.1, 0.15) is 5.56 Å². The fourth-order valence-corrected chi connectivity index (χ4v) is 2.44. The van der Waals surface area contributed by atoms with Crippen molar-refractivity contribution in [1.29, 1.82) is 0 Å². The number of nitrogens with zero attached hydrogens (tertiary/aromatic N) is 3. The van der Waals surface area contributed by atoms with Crippen LogP contribution in [0.4, 0.5) is 13.2 Å². The van der Waals surface area contributed by atoms with Crippen LogP contribution in [0.2, 0.25) is 5.02 Å². The summed E-state index contributed by atoms with van der Waals surface area (Å²) >= 11 is 6.48. The van der Waals surface area contributed by atoms with E-state index in [9.17, 15) is 18.4 Å². The Balaban J connectivity index is 1.91. The number of ether oxygens (including phenoxy) is 1. The Bertz CT molecular complexity index is 853. The number of pyridine rings is 1. The lowest BCUT2D eigenvalue weighted by Crippen LogP contribution is -2.18. The van der Waals surface area contributed by atoms with Crippen molar-refractivity contribution >= 4 is 34.4 Å². The van der Waals surface area contributed by atoms with Crippen molar-refractivity contribution in [3.63, 3.8) is 0 Å². The second-order valence-electron chi connectivity index (χ2n) is 4.19. The van der Waals surface area contributed by atoms with Crippen LogP contribution < -0.4 is 8.86 Å². The zero-order valence-corrected chi connectivity index (χ0v) is 12.0. The Kier molecular flexibility index (Phi) is 3.53. The van der Waals surface area contributed by atoms with Crippen molar-refractivity contribution in [2.45, 2.75) is 6.18 Å². The Morgan fingerprint density at radius 1 is 1.27 bits per heavy atom. The lowest BCUT2D eigenvalue weighted by Gasteiger charge is -2.09. The van der Waals surface area contributed by atoms with Gasteiger partial charge >= 0.3 is 6.18 Å². The van der Waals surface area contributed by atoms with Gasteiger partial charge in [-0.3, -0.25) is 0 Å². The molecule has 0 amide bonds. The van der Waals surface area contributed by atoms with Crippen molar-refractivity contribution in [3.8, 4) is 11.6 Å². The molecule has 0 radical (unpaired) electrons. The molecule has 0 saturated heterocycles. The average molecular weight is 348 g/mol. The Labute approximate surface area is 130 Å². The largest absolute Gasteiger partial charge is 0.700 e. The number of rotatable bonds is 2. The fraction of sp³-hybridized carbons (Fsp3) is 0.0833. The molecule has 0 aliphatic carbocycles. The highest BCUT2D eigenvalue weighted by atomic mass is 35.5. The van der Waals surface area contributed by atoms with Gasteiger partial charge < -0.3 is 9.94 Å². The summed E-state index contributed by atoms with van der Waals surface area (Å²) in [5.41, 5.74) is -0.198. The average Bonchev–Trinajstić information content (AvgIpc) is 2.81. The van der Waals surface area contributed by atoms with Gasteiger partial charge in [0, 0.05) is 16.6 Å². The van der Waals surface area contributed by atoms with E-state index in [-0.39, 0.29) is 16.7 Å². The van der Waals surface area contributed by atoms with E-state index in [4.69, 9.17) is 16.3 Å². The third-order valence-corrected chi connectivity index (χ3v) is 3.60. The van der Waals surface area contributed by atoms with Crippen molar-refractivity contribution in [2.24, 2.45) is 0 Å². The van der Waals surface area contributed by atoms with Crippen LogP contribution in [-0.4, -0.2) is 9.36 Å². The van der Waals surface area contributed by atoms with Crippen LogP contribution in [0.3, 0.4) is 0 Å². The molecule has 1 aromatic carbocycles. The molecule has 2 heterocycles. The van der Waals surface area contributed by atoms with Gasteiger partial charge in [-0.25, -0.2) is 4.98 Å². The van der Waals surface area contributed by atoms with E-state index in [2.05, 4.69) is 9.36 Å². The summed E-state index contributed by atoms with van der Waals surface area (Å²) in [7, 11) is 0. The minimum absolute atomic E-state index is 0.167. The summed E-state index contributed by atoms with van der Waals surface area (Å²) in [6.07, 6.45) is -3.90. The third kappa shape index (κ3) is 2.77. The maximum Gasteiger partial charge on any atom is 0.417 e. The highest BCUT2D eigenvalue weighted by Crippen LogP contribution is 2.34. The van der Waals surface area contributed by atoms with Gasteiger partial charge in [-0.15, -0.1) is 0 Å². The molecule has 3 aromatic rings. The molecular formula is C12H5ClF3N3O2S.